The van der Waals surface area contributed by atoms with Crippen molar-refractivity contribution in [2.24, 2.45) is 4.99 Å². The van der Waals surface area contributed by atoms with Crippen LogP contribution < -0.4 is 5.32 Å². The average Bonchev–Trinajstić information content (AvgIpc) is 3.29. The number of aliphatic imine (C=N–C) groups is 1. The minimum Gasteiger partial charge on any atom is -0.466 e. The van der Waals surface area contributed by atoms with Gasteiger partial charge in [-0.25, -0.2) is 13.2 Å². The molecular weight excluding hydrogens is 497 g/mol. The van der Waals surface area contributed by atoms with Gasteiger partial charge in [-0.1, -0.05) is 40.6 Å². The minimum atomic E-state index is -3.04. The second-order valence-electron chi connectivity index (χ2n) is 7.23. The lowest BCUT2D eigenvalue weighted by Gasteiger charge is -2.32. The molecule has 4 rings (SSSR count). The van der Waals surface area contributed by atoms with Gasteiger partial charge in [0.15, 0.2) is 20.7 Å². The number of carbonyl (C=O) groups excluding carboxylic acids is 1. The molecule has 0 saturated carbocycles. The highest BCUT2D eigenvalue weighted by Gasteiger charge is 2.35. The quantitative estimate of drug-likeness (QED) is 0.602. The van der Waals surface area contributed by atoms with Crippen molar-refractivity contribution < 1.29 is 17.9 Å². The van der Waals surface area contributed by atoms with Crippen molar-refractivity contribution in [3.63, 3.8) is 0 Å². The summed E-state index contributed by atoms with van der Waals surface area (Å²) in [4.78, 5) is 19.6. The van der Waals surface area contributed by atoms with E-state index in [1.54, 1.807) is 23.7 Å². The number of aromatic nitrogens is 2. The number of nitrogens with zero attached hydrogens (tertiary/aromatic N) is 4. The third-order valence-corrected chi connectivity index (χ3v) is 8.04. The van der Waals surface area contributed by atoms with Crippen molar-refractivity contribution in [3.05, 3.63) is 55.6 Å². The summed E-state index contributed by atoms with van der Waals surface area (Å²) in [6, 6.07) is 4.21. The van der Waals surface area contributed by atoms with E-state index in [0.29, 0.717) is 57.4 Å². The lowest BCUT2D eigenvalue weighted by atomic mass is 9.95. The van der Waals surface area contributed by atoms with E-state index in [9.17, 15) is 13.2 Å². The van der Waals surface area contributed by atoms with Gasteiger partial charge in [-0.05, 0) is 12.1 Å². The fraction of sp³-hybridized carbons (Fsp3) is 0.368. The van der Waals surface area contributed by atoms with E-state index < -0.39 is 21.8 Å². The maximum atomic E-state index is 12.9. The molecular formula is C19H19Cl2N5O4S2. The summed E-state index contributed by atoms with van der Waals surface area (Å²) in [5.74, 6) is 0.0129. The molecule has 2 aliphatic rings. The molecule has 0 bridgehead atoms. The Bertz CT molecular complexity index is 1180. The Morgan fingerprint density at radius 1 is 1.31 bits per heavy atom. The van der Waals surface area contributed by atoms with E-state index >= 15 is 0 Å². The summed E-state index contributed by atoms with van der Waals surface area (Å²) in [6.45, 7) is 1.03. The summed E-state index contributed by atoms with van der Waals surface area (Å²) in [5, 5.41) is 12.5. The predicted molar refractivity (Wildman–Crippen MR) is 123 cm³/mol. The number of amidine groups is 1. The molecule has 0 aliphatic carbocycles. The highest BCUT2D eigenvalue weighted by Crippen LogP contribution is 2.37. The zero-order valence-corrected chi connectivity index (χ0v) is 20.1. The number of ether oxygens (including phenoxy) is 1. The van der Waals surface area contributed by atoms with Crippen molar-refractivity contribution in [2.45, 2.75) is 6.04 Å². The molecule has 32 heavy (non-hydrogen) atoms. The normalized spacial score (nSPS) is 21.1. The molecule has 0 spiro atoms. The number of sulfone groups is 1. The maximum absolute atomic E-state index is 12.9. The molecule has 0 radical (unpaired) electrons. The third kappa shape index (κ3) is 4.96. The molecule has 3 heterocycles. The number of carbonyl (C=O) groups is 1. The largest absolute Gasteiger partial charge is 0.466 e. The highest BCUT2D eigenvalue weighted by atomic mass is 35.5. The summed E-state index contributed by atoms with van der Waals surface area (Å²) in [6.07, 6.45) is 0. The molecule has 2 aromatic rings. The van der Waals surface area contributed by atoms with Gasteiger partial charge in [0.05, 0.1) is 24.2 Å². The number of methoxy groups -OCH3 is 1. The number of nitrogens with one attached hydrogen (secondary N) is 1. The van der Waals surface area contributed by atoms with Crippen LogP contribution in [0.5, 0.6) is 0 Å². The van der Waals surface area contributed by atoms with Gasteiger partial charge in [0.1, 0.15) is 11.6 Å². The van der Waals surface area contributed by atoms with Gasteiger partial charge in [0, 0.05) is 40.9 Å². The van der Waals surface area contributed by atoms with Crippen LogP contribution in [0.25, 0.3) is 0 Å². The van der Waals surface area contributed by atoms with E-state index in [-0.39, 0.29) is 11.5 Å². The van der Waals surface area contributed by atoms with Gasteiger partial charge in [0.2, 0.25) is 0 Å². The Balaban J connectivity index is 1.78. The van der Waals surface area contributed by atoms with Crippen molar-refractivity contribution in [1.82, 2.24) is 20.4 Å². The Hall–Kier alpha value is -2.05. The van der Waals surface area contributed by atoms with Gasteiger partial charge in [-0.3, -0.25) is 9.89 Å². The van der Waals surface area contributed by atoms with Crippen LogP contribution in [0, 0.1) is 0 Å². The topological polar surface area (TPSA) is 114 Å². The van der Waals surface area contributed by atoms with Crippen LogP contribution in [0.2, 0.25) is 10.0 Å². The second kappa shape index (κ2) is 9.44. The van der Waals surface area contributed by atoms with Crippen LogP contribution >= 0.6 is 34.5 Å². The number of esters is 1. The standard InChI is InChI=1S/C19H19Cl2N5O4S2/c1-30-19(27)15-14(9-26-4-6-32(28,29)7-5-26)23-17(18-25-22-10-31-18)24-16(15)12-3-2-11(20)8-13(12)21/h2-3,8,10,16H,4-7,9H2,1H3,(H,23,24). The molecule has 1 aromatic carbocycles. The number of benzene rings is 1. The first kappa shape index (κ1) is 23.1. The Morgan fingerprint density at radius 2 is 2.06 bits per heavy atom. The summed E-state index contributed by atoms with van der Waals surface area (Å²) in [5.41, 5.74) is 3.00. The lowest BCUT2D eigenvalue weighted by Crippen LogP contribution is -2.45. The van der Waals surface area contributed by atoms with Gasteiger partial charge in [-0.15, -0.1) is 10.2 Å². The average molecular weight is 516 g/mol. The molecule has 0 amide bonds. The Morgan fingerprint density at radius 3 is 2.69 bits per heavy atom. The Labute approximate surface area is 199 Å². The predicted octanol–water partition coefficient (Wildman–Crippen LogP) is 2.09. The third-order valence-electron chi connectivity index (χ3n) is 5.17. The fourth-order valence-corrected chi connectivity index (χ4v) is 5.83. The molecule has 170 valence electrons. The van der Waals surface area contributed by atoms with Crippen molar-refractivity contribution >= 4 is 56.2 Å². The molecule has 1 fully saturated rings. The van der Waals surface area contributed by atoms with Gasteiger partial charge in [0.25, 0.3) is 0 Å². The zero-order chi connectivity index (χ0) is 22.9. The monoisotopic (exact) mass is 515 g/mol. The van der Waals surface area contributed by atoms with Gasteiger partial charge in [-0.2, -0.15) is 0 Å². The van der Waals surface area contributed by atoms with E-state index in [1.807, 2.05) is 4.90 Å². The smallest absolute Gasteiger partial charge is 0.338 e. The second-order valence-corrected chi connectivity index (χ2v) is 11.2. The molecule has 9 nitrogen and oxygen atoms in total. The summed E-state index contributed by atoms with van der Waals surface area (Å²) < 4.78 is 28.7. The van der Waals surface area contributed by atoms with Crippen molar-refractivity contribution in [3.8, 4) is 0 Å². The fourth-order valence-electron chi connectivity index (χ4n) is 3.54. The molecule has 1 atom stereocenters. The van der Waals surface area contributed by atoms with Crippen LogP contribution in [-0.4, -0.2) is 73.6 Å². The van der Waals surface area contributed by atoms with E-state index in [1.165, 1.54) is 18.4 Å². The molecule has 1 aromatic heterocycles. The SMILES string of the molecule is COC(=O)C1=C(CN2CCS(=O)(=O)CC2)NC(c2nncs2)=NC1c1ccc(Cl)cc1Cl. The molecule has 1 saturated heterocycles. The van der Waals surface area contributed by atoms with Crippen LogP contribution in [0.1, 0.15) is 16.6 Å². The highest BCUT2D eigenvalue weighted by molar-refractivity contribution is 7.91. The van der Waals surface area contributed by atoms with Crippen LogP contribution in [-0.2, 0) is 19.4 Å². The molecule has 2 aliphatic heterocycles. The number of rotatable bonds is 5. The summed E-state index contributed by atoms with van der Waals surface area (Å²) in [7, 11) is -1.74. The van der Waals surface area contributed by atoms with E-state index in [4.69, 9.17) is 32.9 Å². The van der Waals surface area contributed by atoms with Crippen LogP contribution in [0.15, 0.2) is 40.0 Å². The summed E-state index contributed by atoms with van der Waals surface area (Å²) >= 11 is 13.8. The first-order chi connectivity index (χ1) is 15.3. The van der Waals surface area contributed by atoms with Crippen molar-refractivity contribution in [1.29, 1.82) is 0 Å². The zero-order valence-electron chi connectivity index (χ0n) is 16.9. The van der Waals surface area contributed by atoms with E-state index in [2.05, 4.69) is 15.5 Å². The number of hydrogen-bond acceptors (Lipinski definition) is 10. The van der Waals surface area contributed by atoms with E-state index in [0.717, 1.165) is 0 Å². The number of hydrogen-bond donors (Lipinski definition) is 1. The number of halogens is 2. The first-order valence-corrected chi connectivity index (χ1v) is 13.0. The van der Waals surface area contributed by atoms with Gasteiger partial charge < -0.3 is 10.1 Å². The first-order valence-electron chi connectivity index (χ1n) is 9.58. The van der Waals surface area contributed by atoms with Crippen LogP contribution in [0.4, 0.5) is 0 Å². The van der Waals surface area contributed by atoms with Crippen LogP contribution in [0.3, 0.4) is 0 Å². The van der Waals surface area contributed by atoms with Crippen molar-refractivity contribution in [2.75, 3.05) is 38.2 Å². The minimum absolute atomic E-state index is 0.0671. The maximum Gasteiger partial charge on any atom is 0.338 e. The molecule has 13 heteroatoms. The van der Waals surface area contributed by atoms with Gasteiger partial charge >= 0.3 is 5.97 Å². The Kier molecular flexibility index (Phi) is 6.82. The molecule has 1 unspecified atom stereocenters. The molecule has 1 N–H and O–H groups in total. The lowest BCUT2D eigenvalue weighted by molar-refractivity contribution is -0.136.